The molecule has 158 valence electrons. The topological polar surface area (TPSA) is 100 Å². The molecule has 29 heavy (non-hydrogen) atoms. The molecule has 1 aliphatic carbocycles. The minimum Gasteiger partial charge on any atom is -0.493 e. The molecule has 1 aromatic rings. The van der Waals surface area contributed by atoms with Gasteiger partial charge in [0.1, 0.15) is 24.5 Å². The van der Waals surface area contributed by atoms with Gasteiger partial charge in [-0.1, -0.05) is 6.92 Å². The lowest BCUT2D eigenvalue weighted by Crippen LogP contribution is -2.24. The highest BCUT2D eigenvalue weighted by molar-refractivity contribution is 7.17. The number of carbonyl (C=O) groups is 3. The molecule has 8 nitrogen and oxygen atoms in total. The van der Waals surface area contributed by atoms with E-state index in [-0.39, 0.29) is 18.5 Å². The number of hydrogen-bond donors (Lipinski definition) is 1. The third-order valence-electron chi connectivity index (χ3n) is 4.50. The highest BCUT2D eigenvalue weighted by atomic mass is 32.1. The zero-order chi connectivity index (χ0) is 21.0. The van der Waals surface area contributed by atoms with Crippen LogP contribution in [0.4, 0.5) is 5.00 Å². The normalized spacial score (nSPS) is 18.1. The summed E-state index contributed by atoms with van der Waals surface area (Å²) < 4.78 is 20.5. The van der Waals surface area contributed by atoms with E-state index in [2.05, 4.69) is 12.2 Å². The predicted molar refractivity (Wildman–Crippen MR) is 106 cm³/mol. The van der Waals surface area contributed by atoms with Crippen molar-refractivity contribution in [3.63, 3.8) is 0 Å². The van der Waals surface area contributed by atoms with E-state index in [1.54, 1.807) is 13.8 Å². The quantitative estimate of drug-likeness (QED) is 0.702. The summed E-state index contributed by atoms with van der Waals surface area (Å²) in [7, 11) is 0. The highest BCUT2D eigenvalue weighted by Gasteiger charge is 2.30. The first kappa shape index (κ1) is 21.2. The molecule has 0 saturated heterocycles. The number of rotatable bonds is 6. The van der Waals surface area contributed by atoms with Gasteiger partial charge in [0, 0.05) is 4.88 Å². The van der Waals surface area contributed by atoms with Crippen molar-refractivity contribution >= 4 is 34.2 Å². The van der Waals surface area contributed by atoms with E-state index in [4.69, 9.17) is 18.9 Å². The van der Waals surface area contributed by atoms with Gasteiger partial charge in [-0.15, -0.1) is 11.3 Å². The van der Waals surface area contributed by atoms with Crippen LogP contribution < -0.4 is 5.32 Å². The Bertz CT molecular complexity index is 827. The van der Waals surface area contributed by atoms with Crippen LogP contribution in [-0.4, -0.2) is 43.8 Å². The monoisotopic (exact) mass is 423 g/mol. The van der Waals surface area contributed by atoms with Gasteiger partial charge < -0.3 is 24.3 Å². The number of anilines is 1. The standard InChI is InChI=1S/C20H25NO7S/c1-11(2)28-20(24)17-13-5-4-12(3)8-15(13)29-18(17)21-16(22)10-27-19(23)14-9-25-6-7-26-14/h9,11-12H,4-8,10H2,1-3H3,(H,21,22)/t12-/m0/s1. The Kier molecular flexibility index (Phi) is 6.79. The Morgan fingerprint density at radius 3 is 2.76 bits per heavy atom. The van der Waals surface area contributed by atoms with Crippen molar-refractivity contribution in [1.29, 1.82) is 0 Å². The minimum absolute atomic E-state index is 0.0779. The van der Waals surface area contributed by atoms with E-state index in [0.29, 0.717) is 23.1 Å². The Hall–Kier alpha value is -2.55. The molecule has 1 amide bonds. The number of thiophene rings is 1. The molecule has 1 aliphatic heterocycles. The van der Waals surface area contributed by atoms with Gasteiger partial charge in [0.05, 0.1) is 11.7 Å². The molecule has 2 heterocycles. The van der Waals surface area contributed by atoms with Crippen LogP contribution in [0.25, 0.3) is 0 Å². The molecular formula is C20H25NO7S. The van der Waals surface area contributed by atoms with Gasteiger partial charge in [0.25, 0.3) is 5.91 Å². The van der Waals surface area contributed by atoms with E-state index in [1.807, 2.05) is 0 Å². The molecule has 0 bridgehead atoms. The van der Waals surface area contributed by atoms with Crippen LogP contribution in [0.1, 0.15) is 48.0 Å². The van der Waals surface area contributed by atoms with Crippen LogP contribution >= 0.6 is 11.3 Å². The van der Waals surface area contributed by atoms with Crippen molar-refractivity contribution in [1.82, 2.24) is 0 Å². The number of esters is 2. The van der Waals surface area contributed by atoms with Gasteiger partial charge in [-0.25, -0.2) is 9.59 Å². The summed E-state index contributed by atoms with van der Waals surface area (Å²) in [6, 6.07) is 0. The first-order valence-corrected chi connectivity index (χ1v) is 10.4. The number of ether oxygens (including phenoxy) is 4. The summed E-state index contributed by atoms with van der Waals surface area (Å²) in [6.45, 7) is 5.82. The molecule has 1 aromatic heterocycles. The SMILES string of the molecule is CC(C)OC(=O)c1c(NC(=O)COC(=O)C2=COCCO2)sc2c1CC[C@H](C)C2. The van der Waals surface area contributed by atoms with Crippen molar-refractivity contribution in [3.8, 4) is 0 Å². The molecule has 0 saturated carbocycles. The second-order valence-electron chi connectivity index (χ2n) is 7.34. The lowest BCUT2D eigenvalue weighted by molar-refractivity contribution is -0.148. The smallest absolute Gasteiger partial charge is 0.377 e. The lowest BCUT2D eigenvalue weighted by Gasteiger charge is -2.19. The third-order valence-corrected chi connectivity index (χ3v) is 5.67. The molecular weight excluding hydrogens is 398 g/mol. The Labute approximate surface area is 173 Å². The fourth-order valence-corrected chi connectivity index (χ4v) is 4.58. The zero-order valence-corrected chi connectivity index (χ0v) is 17.6. The Morgan fingerprint density at radius 2 is 2.07 bits per heavy atom. The molecule has 3 rings (SSSR count). The van der Waals surface area contributed by atoms with Crippen LogP contribution in [0, 0.1) is 5.92 Å². The van der Waals surface area contributed by atoms with Crippen molar-refractivity contribution < 1.29 is 33.3 Å². The molecule has 0 unspecified atom stereocenters. The van der Waals surface area contributed by atoms with E-state index in [9.17, 15) is 14.4 Å². The van der Waals surface area contributed by atoms with E-state index >= 15 is 0 Å². The van der Waals surface area contributed by atoms with Crippen molar-refractivity contribution in [2.45, 2.75) is 46.1 Å². The summed E-state index contributed by atoms with van der Waals surface area (Å²) in [6.07, 6.45) is 3.51. The summed E-state index contributed by atoms with van der Waals surface area (Å²) >= 11 is 1.38. The summed E-state index contributed by atoms with van der Waals surface area (Å²) in [4.78, 5) is 38.0. The maximum atomic E-state index is 12.7. The van der Waals surface area contributed by atoms with E-state index in [0.717, 1.165) is 36.0 Å². The summed E-state index contributed by atoms with van der Waals surface area (Å²) in [5.74, 6) is -1.33. The first-order chi connectivity index (χ1) is 13.8. The zero-order valence-electron chi connectivity index (χ0n) is 16.7. The minimum atomic E-state index is -0.779. The van der Waals surface area contributed by atoms with Crippen molar-refractivity contribution in [2.75, 3.05) is 25.1 Å². The van der Waals surface area contributed by atoms with Gasteiger partial charge in [-0.05, 0) is 44.6 Å². The average molecular weight is 423 g/mol. The lowest BCUT2D eigenvalue weighted by atomic mass is 9.88. The van der Waals surface area contributed by atoms with Gasteiger partial charge in [0.15, 0.2) is 6.61 Å². The fourth-order valence-electron chi connectivity index (χ4n) is 3.17. The molecule has 2 aliphatic rings. The van der Waals surface area contributed by atoms with Crippen molar-refractivity contribution in [2.24, 2.45) is 5.92 Å². The van der Waals surface area contributed by atoms with Crippen LogP contribution in [0.2, 0.25) is 0 Å². The largest absolute Gasteiger partial charge is 0.493 e. The van der Waals surface area contributed by atoms with Gasteiger partial charge in [0.2, 0.25) is 5.76 Å². The average Bonchev–Trinajstić information content (AvgIpc) is 3.03. The summed E-state index contributed by atoms with van der Waals surface area (Å²) in [5, 5.41) is 3.14. The van der Waals surface area contributed by atoms with Crippen LogP contribution in [0.3, 0.4) is 0 Å². The van der Waals surface area contributed by atoms with Gasteiger partial charge >= 0.3 is 11.9 Å². The maximum absolute atomic E-state index is 12.7. The molecule has 1 N–H and O–H groups in total. The second kappa shape index (κ2) is 9.30. The van der Waals surface area contributed by atoms with Gasteiger partial charge in [-0.3, -0.25) is 4.79 Å². The van der Waals surface area contributed by atoms with Crippen molar-refractivity contribution in [3.05, 3.63) is 28.0 Å². The molecule has 0 radical (unpaired) electrons. The maximum Gasteiger partial charge on any atom is 0.377 e. The van der Waals surface area contributed by atoms with Crippen LogP contribution in [0.5, 0.6) is 0 Å². The number of fused-ring (bicyclic) bond motifs is 1. The molecule has 1 atom stereocenters. The molecule has 0 fully saturated rings. The van der Waals surface area contributed by atoms with E-state index < -0.39 is 24.5 Å². The van der Waals surface area contributed by atoms with Gasteiger partial charge in [-0.2, -0.15) is 0 Å². The predicted octanol–water partition coefficient (Wildman–Crippen LogP) is 2.81. The molecule has 0 spiro atoms. The summed E-state index contributed by atoms with van der Waals surface area (Å²) in [5.41, 5.74) is 1.36. The highest BCUT2D eigenvalue weighted by Crippen LogP contribution is 2.40. The molecule has 0 aromatic carbocycles. The third kappa shape index (κ3) is 5.29. The van der Waals surface area contributed by atoms with Crippen LogP contribution in [-0.2, 0) is 41.4 Å². The Balaban J connectivity index is 1.70. The number of amides is 1. The molecule has 9 heteroatoms. The Morgan fingerprint density at radius 1 is 1.28 bits per heavy atom. The number of carbonyl (C=O) groups excluding carboxylic acids is 3. The van der Waals surface area contributed by atoms with Crippen LogP contribution in [0.15, 0.2) is 12.0 Å². The number of hydrogen-bond acceptors (Lipinski definition) is 8. The second-order valence-corrected chi connectivity index (χ2v) is 8.44. The first-order valence-electron chi connectivity index (χ1n) is 9.62. The number of nitrogens with one attached hydrogen (secondary N) is 1. The fraction of sp³-hybridized carbons (Fsp3) is 0.550. The van der Waals surface area contributed by atoms with E-state index in [1.165, 1.54) is 11.3 Å².